The Morgan fingerprint density at radius 3 is 1.33 bits per heavy atom. The molecule has 2 nitrogen and oxygen atoms in total. The molecule has 0 amide bonds. The van der Waals surface area contributed by atoms with Gasteiger partial charge >= 0.3 is 0 Å². The molecule has 0 rings (SSSR count). The molecule has 0 aromatic carbocycles. The maximum atomic E-state index is 6.25. The van der Waals surface area contributed by atoms with Crippen molar-refractivity contribution >= 4 is 0 Å². The van der Waals surface area contributed by atoms with Gasteiger partial charge in [-0.3, -0.25) is 0 Å². The first-order valence-electron chi connectivity index (χ1n) is 9.34. The summed E-state index contributed by atoms with van der Waals surface area (Å²) in [6, 6.07) is 0. The van der Waals surface area contributed by atoms with E-state index in [0.29, 0.717) is 12.2 Å². The average molecular weight is 301 g/mol. The van der Waals surface area contributed by atoms with Gasteiger partial charge in [0.15, 0.2) is 5.79 Å². The highest BCUT2D eigenvalue weighted by Gasteiger charge is 2.26. The molecular weight excluding hydrogens is 260 g/mol. The number of hydrogen-bond donors (Lipinski definition) is 0. The van der Waals surface area contributed by atoms with Crippen LogP contribution in [0.25, 0.3) is 0 Å². The normalized spacial score (nSPS) is 15.1. The van der Waals surface area contributed by atoms with E-state index in [1.54, 1.807) is 0 Å². The van der Waals surface area contributed by atoms with Crippen LogP contribution in [0, 0.1) is 0 Å². The molecule has 0 aliphatic carbocycles. The fourth-order valence-corrected chi connectivity index (χ4v) is 2.77. The zero-order valence-electron chi connectivity index (χ0n) is 15.5. The summed E-state index contributed by atoms with van der Waals surface area (Å²) >= 11 is 0. The van der Waals surface area contributed by atoms with Crippen LogP contribution in [-0.2, 0) is 9.47 Å². The Balaban J connectivity index is 4.22. The number of hydrogen-bond acceptors (Lipinski definition) is 2. The minimum atomic E-state index is -0.459. The first-order valence-corrected chi connectivity index (χ1v) is 9.34. The highest BCUT2D eigenvalue weighted by atomic mass is 16.7. The van der Waals surface area contributed by atoms with Gasteiger partial charge in [-0.2, -0.15) is 0 Å². The molecule has 0 N–H and O–H groups in total. The van der Waals surface area contributed by atoms with Crippen molar-refractivity contribution in [2.24, 2.45) is 0 Å². The molecule has 21 heavy (non-hydrogen) atoms. The number of ether oxygens (including phenoxy) is 2. The molecule has 2 heteroatoms. The van der Waals surface area contributed by atoms with Gasteiger partial charge in [0.25, 0.3) is 0 Å². The van der Waals surface area contributed by atoms with Crippen molar-refractivity contribution in [3.8, 4) is 0 Å². The van der Waals surface area contributed by atoms with E-state index in [9.17, 15) is 0 Å². The molecule has 0 aromatic rings. The lowest BCUT2D eigenvalue weighted by molar-refractivity contribution is -0.260. The summed E-state index contributed by atoms with van der Waals surface area (Å²) in [4.78, 5) is 0. The van der Waals surface area contributed by atoms with Crippen LogP contribution in [0.1, 0.15) is 106 Å². The second-order valence-corrected chi connectivity index (χ2v) is 6.69. The molecule has 0 bridgehead atoms. The van der Waals surface area contributed by atoms with Crippen LogP contribution in [0.4, 0.5) is 0 Å². The molecule has 0 saturated carbocycles. The van der Waals surface area contributed by atoms with Crippen LogP contribution in [0.15, 0.2) is 0 Å². The van der Waals surface area contributed by atoms with Gasteiger partial charge in [-0.1, -0.05) is 66.2 Å². The topological polar surface area (TPSA) is 18.5 Å². The standard InChI is InChI=1S/C19H40O2/c1-7-11-13-15-17(9-3)20-19(5,6)21-18(10-4)16-14-12-8-2/h17-18H,7-16H2,1-6H3. The van der Waals surface area contributed by atoms with Gasteiger partial charge in [0.05, 0.1) is 12.2 Å². The summed E-state index contributed by atoms with van der Waals surface area (Å²) in [6.07, 6.45) is 12.8. The second kappa shape index (κ2) is 12.5. The Bertz CT molecular complexity index is 204. The van der Waals surface area contributed by atoms with Crippen molar-refractivity contribution < 1.29 is 9.47 Å². The van der Waals surface area contributed by atoms with Crippen LogP contribution in [0.2, 0.25) is 0 Å². The molecule has 0 radical (unpaired) electrons. The molecule has 0 aromatic heterocycles. The SMILES string of the molecule is CCCCCC(CC)OC(C)(C)OC(CC)CCCCC. The summed E-state index contributed by atoms with van der Waals surface area (Å²) in [5, 5.41) is 0. The highest BCUT2D eigenvalue weighted by Crippen LogP contribution is 2.24. The van der Waals surface area contributed by atoms with Crippen molar-refractivity contribution in [1.82, 2.24) is 0 Å². The summed E-state index contributed by atoms with van der Waals surface area (Å²) in [7, 11) is 0. The van der Waals surface area contributed by atoms with Crippen LogP contribution in [-0.4, -0.2) is 18.0 Å². The van der Waals surface area contributed by atoms with Crippen molar-refractivity contribution in [3.63, 3.8) is 0 Å². The lowest BCUT2D eigenvalue weighted by Crippen LogP contribution is -2.37. The molecule has 2 atom stereocenters. The third kappa shape index (κ3) is 11.2. The third-order valence-corrected chi connectivity index (χ3v) is 4.07. The number of unbranched alkanes of at least 4 members (excludes halogenated alkanes) is 4. The first kappa shape index (κ1) is 20.9. The molecular formula is C19H40O2. The Hall–Kier alpha value is -0.0800. The minimum absolute atomic E-state index is 0.333. The van der Waals surface area contributed by atoms with Crippen LogP contribution in [0.5, 0.6) is 0 Å². The number of rotatable bonds is 14. The summed E-state index contributed by atoms with van der Waals surface area (Å²) in [5.74, 6) is -0.459. The Labute approximate surface area is 134 Å². The van der Waals surface area contributed by atoms with E-state index in [2.05, 4.69) is 41.5 Å². The maximum Gasteiger partial charge on any atom is 0.163 e. The van der Waals surface area contributed by atoms with Gasteiger partial charge in [0, 0.05) is 0 Å². The summed E-state index contributed by atoms with van der Waals surface area (Å²) in [5.41, 5.74) is 0. The molecule has 0 aliphatic rings. The first-order chi connectivity index (χ1) is 9.99. The zero-order chi connectivity index (χ0) is 16.1. The second-order valence-electron chi connectivity index (χ2n) is 6.69. The van der Waals surface area contributed by atoms with E-state index in [1.165, 1.54) is 38.5 Å². The monoisotopic (exact) mass is 300 g/mol. The maximum absolute atomic E-state index is 6.25. The Kier molecular flexibility index (Phi) is 12.4. The van der Waals surface area contributed by atoms with Gasteiger partial charge in [0.1, 0.15) is 0 Å². The fourth-order valence-electron chi connectivity index (χ4n) is 2.77. The average Bonchev–Trinajstić information content (AvgIpc) is 2.45. The van der Waals surface area contributed by atoms with Gasteiger partial charge in [-0.15, -0.1) is 0 Å². The molecule has 128 valence electrons. The zero-order valence-corrected chi connectivity index (χ0v) is 15.5. The Morgan fingerprint density at radius 1 is 0.667 bits per heavy atom. The van der Waals surface area contributed by atoms with Gasteiger partial charge in [-0.05, 0) is 39.5 Å². The van der Waals surface area contributed by atoms with Crippen molar-refractivity contribution in [2.75, 3.05) is 0 Å². The Morgan fingerprint density at radius 2 is 1.05 bits per heavy atom. The lowest BCUT2D eigenvalue weighted by atomic mass is 10.1. The van der Waals surface area contributed by atoms with E-state index < -0.39 is 5.79 Å². The third-order valence-electron chi connectivity index (χ3n) is 4.07. The van der Waals surface area contributed by atoms with Crippen LogP contribution < -0.4 is 0 Å². The highest BCUT2D eigenvalue weighted by molar-refractivity contribution is 4.66. The van der Waals surface area contributed by atoms with Gasteiger partial charge in [0.2, 0.25) is 0 Å². The van der Waals surface area contributed by atoms with Crippen molar-refractivity contribution in [2.45, 2.75) is 124 Å². The van der Waals surface area contributed by atoms with E-state index >= 15 is 0 Å². The predicted molar refractivity (Wildman–Crippen MR) is 92.7 cm³/mol. The quantitative estimate of drug-likeness (QED) is 0.270. The summed E-state index contributed by atoms with van der Waals surface area (Å²) < 4.78 is 12.5. The predicted octanol–water partition coefficient (Wildman–Crippen LogP) is 6.47. The fraction of sp³-hybridized carbons (Fsp3) is 1.00. The van der Waals surface area contributed by atoms with E-state index in [4.69, 9.17) is 9.47 Å². The minimum Gasteiger partial charge on any atom is -0.347 e. The summed E-state index contributed by atoms with van der Waals surface area (Å²) in [6.45, 7) is 13.1. The molecule has 0 aliphatic heterocycles. The van der Waals surface area contributed by atoms with Gasteiger partial charge < -0.3 is 9.47 Å². The molecule has 0 fully saturated rings. The van der Waals surface area contributed by atoms with E-state index in [0.717, 1.165) is 25.7 Å². The van der Waals surface area contributed by atoms with E-state index in [1.807, 2.05) is 0 Å². The molecule has 0 saturated heterocycles. The van der Waals surface area contributed by atoms with Gasteiger partial charge in [-0.25, -0.2) is 0 Å². The molecule has 2 unspecified atom stereocenters. The van der Waals surface area contributed by atoms with Crippen molar-refractivity contribution in [3.05, 3.63) is 0 Å². The van der Waals surface area contributed by atoms with E-state index in [-0.39, 0.29) is 0 Å². The van der Waals surface area contributed by atoms with Crippen LogP contribution >= 0.6 is 0 Å². The molecule has 0 spiro atoms. The lowest BCUT2D eigenvalue weighted by Gasteiger charge is -2.34. The van der Waals surface area contributed by atoms with Crippen LogP contribution in [0.3, 0.4) is 0 Å². The largest absolute Gasteiger partial charge is 0.347 e. The smallest absolute Gasteiger partial charge is 0.163 e. The van der Waals surface area contributed by atoms with Crippen molar-refractivity contribution in [1.29, 1.82) is 0 Å². The molecule has 0 heterocycles.